The third kappa shape index (κ3) is 2.91. The summed E-state index contributed by atoms with van der Waals surface area (Å²) in [6, 6.07) is 8.34. The molecule has 0 heterocycles. The number of benzene rings is 1. The Hall–Kier alpha value is -1.35. The van der Waals surface area contributed by atoms with Crippen LogP contribution in [0.2, 0.25) is 0 Å². The molecule has 2 atom stereocenters. The average Bonchev–Trinajstić information content (AvgIpc) is 2.43. The van der Waals surface area contributed by atoms with E-state index in [1.807, 2.05) is 19.1 Å². The molecule has 0 saturated carbocycles. The lowest BCUT2D eigenvalue weighted by atomic mass is 9.82. The second-order valence-electron chi connectivity index (χ2n) is 5.06. The maximum atomic E-state index is 12.2. The number of fused-ring (bicyclic) bond motifs is 1. The summed E-state index contributed by atoms with van der Waals surface area (Å²) in [5.74, 6) is 0.144. The molecule has 2 rings (SSSR count). The molecule has 0 radical (unpaired) electrons. The predicted molar refractivity (Wildman–Crippen MR) is 73.4 cm³/mol. The van der Waals surface area contributed by atoms with Crippen molar-refractivity contribution in [3.05, 3.63) is 35.4 Å². The van der Waals surface area contributed by atoms with Gasteiger partial charge in [0.05, 0.1) is 5.92 Å². The summed E-state index contributed by atoms with van der Waals surface area (Å²) in [7, 11) is 0. The van der Waals surface area contributed by atoms with Crippen LogP contribution in [0.15, 0.2) is 24.3 Å². The van der Waals surface area contributed by atoms with E-state index in [0.717, 1.165) is 25.7 Å². The van der Waals surface area contributed by atoms with Crippen molar-refractivity contribution in [1.29, 1.82) is 0 Å². The highest BCUT2D eigenvalue weighted by molar-refractivity contribution is 5.84. The van der Waals surface area contributed by atoms with E-state index in [1.54, 1.807) is 0 Å². The Bertz CT molecular complexity index is 417. The minimum absolute atomic E-state index is 0.0130. The topological polar surface area (TPSA) is 55.1 Å². The molecular weight excluding hydrogens is 224 g/mol. The Morgan fingerprint density at radius 3 is 3.06 bits per heavy atom. The fourth-order valence-electron chi connectivity index (χ4n) is 2.53. The van der Waals surface area contributed by atoms with Gasteiger partial charge in [-0.05, 0) is 36.8 Å². The molecule has 1 amide bonds. The minimum Gasteiger partial charge on any atom is -0.354 e. The van der Waals surface area contributed by atoms with Gasteiger partial charge in [-0.25, -0.2) is 0 Å². The molecule has 3 nitrogen and oxygen atoms in total. The van der Waals surface area contributed by atoms with E-state index in [4.69, 9.17) is 5.73 Å². The summed E-state index contributed by atoms with van der Waals surface area (Å²) in [5.41, 5.74) is 8.35. The van der Waals surface area contributed by atoms with Gasteiger partial charge in [-0.2, -0.15) is 0 Å². The summed E-state index contributed by atoms with van der Waals surface area (Å²) < 4.78 is 0. The van der Waals surface area contributed by atoms with E-state index in [0.29, 0.717) is 6.54 Å². The molecule has 0 bridgehead atoms. The van der Waals surface area contributed by atoms with Gasteiger partial charge in [0.25, 0.3) is 0 Å². The molecule has 0 aromatic heterocycles. The Kier molecular flexibility index (Phi) is 4.37. The van der Waals surface area contributed by atoms with Gasteiger partial charge in [0.1, 0.15) is 0 Å². The highest BCUT2D eigenvalue weighted by Crippen LogP contribution is 2.31. The van der Waals surface area contributed by atoms with E-state index in [2.05, 4.69) is 17.4 Å². The molecule has 0 aliphatic heterocycles. The highest BCUT2D eigenvalue weighted by atomic mass is 16.1. The van der Waals surface area contributed by atoms with Gasteiger partial charge in [-0.15, -0.1) is 0 Å². The number of rotatable bonds is 4. The van der Waals surface area contributed by atoms with Gasteiger partial charge >= 0.3 is 0 Å². The van der Waals surface area contributed by atoms with Gasteiger partial charge in [-0.3, -0.25) is 4.79 Å². The van der Waals surface area contributed by atoms with E-state index in [9.17, 15) is 4.79 Å². The molecule has 3 N–H and O–H groups in total. The molecule has 3 heteroatoms. The maximum absolute atomic E-state index is 12.2. The number of carbonyl (C=O) groups is 1. The smallest absolute Gasteiger partial charge is 0.227 e. The van der Waals surface area contributed by atoms with Crippen LogP contribution in [-0.4, -0.2) is 18.5 Å². The SMILES string of the molecule is CCC(N)CNC(=O)C1CCCc2ccccc21. The van der Waals surface area contributed by atoms with Gasteiger partial charge in [-0.1, -0.05) is 31.2 Å². The van der Waals surface area contributed by atoms with Crippen molar-refractivity contribution >= 4 is 5.91 Å². The third-order valence-electron chi connectivity index (χ3n) is 3.75. The second-order valence-corrected chi connectivity index (χ2v) is 5.06. The summed E-state index contributed by atoms with van der Waals surface area (Å²) >= 11 is 0. The zero-order chi connectivity index (χ0) is 13.0. The second kappa shape index (κ2) is 6.01. The van der Waals surface area contributed by atoms with E-state index < -0.39 is 0 Å². The Labute approximate surface area is 109 Å². The van der Waals surface area contributed by atoms with Gasteiger partial charge in [0.2, 0.25) is 5.91 Å². The number of carbonyl (C=O) groups excluding carboxylic acids is 1. The molecule has 2 unspecified atom stereocenters. The lowest BCUT2D eigenvalue weighted by Crippen LogP contribution is -2.39. The lowest BCUT2D eigenvalue weighted by Gasteiger charge is -2.25. The first-order chi connectivity index (χ1) is 8.72. The Balaban J connectivity index is 2.04. The quantitative estimate of drug-likeness (QED) is 0.853. The van der Waals surface area contributed by atoms with Crippen LogP contribution in [0.1, 0.15) is 43.2 Å². The van der Waals surface area contributed by atoms with Gasteiger partial charge in [0.15, 0.2) is 0 Å². The van der Waals surface area contributed by atoms with Crippen LogP contribution in [0, 0.1) is 0 Å². The lowest BCUT2D eigenvalue weighted by molar-refractivity contribution is -0.122. The monoisotopic (exact) mass is 246 g/mol. The number of hydrogen-bond acceptors (Lipinski definition) is 2. The molecule has 1 aromatic rings. The zero-order valence-electron chi connectivity index (χ0n) is 11.0. The average molecular weight is 246 g/mol. The van der Waals surface area contributed by atoms with Crippen LogP contribution in [0.3, 0.4) is 0 Å². The van der Waals surface area contributed by atoms with Gasteiger partial charge < -0.3 is 11.1 Å². The van der Waals surface area contributed by atoms with E-state index in [-0.39, 0.29) is 17.9 Å². The van der Waals surface area contributed by atoms with Crippen LogP contribution in [-0.2, 0) is 11.2 Å². The summed E-state index contributed by atoms with van der Waals surface area (Å²) in [4.78, 5) is 12.2. The summed E-state index contributed by atoms with van der Waals surface area (Å²) in [6.07, 6.45) is 4.02. The largest absolute Gasteiger partial charge is 0.354 e. The molecule has 1 aliphatic rings. The van der Waals surface area contributed by atoms with E-state index in [1.165, 1.54) is 11.1 Å². The number of aryl methyl sites for hydroxylation is 1. The molecule has 0 fully saturated rings. The van der Waals surface area contributed by atoms with Crippen molar-refractivity contribution in [3.63, 3.8) is 0 Å². The molecule has 1 aliphatic carbocycles. The first-order valence-electron chi connectivity index (χ1n) is 6.83. The van der Waals surface area contributed by atoms with Crippen molar-refractivity contribution in [2.24, 2.45) is 5.73 Å². The van der Waals surface area contributed by atoms with Crippen LogP contribution in [0.4, 0.5) is 0 Å². The highest BCUT2D eigenvalue weighted by Gasteiger charge is 2.25. The van der Waals surface area contributed by atoms with Crippen LogP contribution >= 0.6 is 0 Å². The molecular formula is C15H22N2O. The zero-order valence-corrected chi connectivity index (χ0v) is 11.0. The van der Waals surface area contributed by atoms with E-state index >= 15 is 0 Å². The normalized spacial score (nSPS) is 20.0. The Morgan fingerprint density at radius 2 is 2.28 bits per heavy atom. The molecule has 0 saturated heterocycles. The molecule has 98 valence electrons. The fourth-order valence-corrected chi connectivity index (χ4v) is 2.53. The van der Waals surface area contributed by atoms with Crippen molar-refractivity contribution in [1.82, 2.24) is 5.32 Å². The molecule has 0 spiro atoms. The van der Waals surface area contributed by atoms with Crippen LogP contribution < -0.4 is 11.1 Å². The molecule has 1 aromatic carbocycles. The van der Waals surface area contributed by atoms with Crippen LogP contribution in [0.5, 0.6) is 0 Å². The minimum atomic E-state index is 0.0130. The number of nitrogens with one attached hydrogen (secondary N) is 1. The number of hydrogen-bond donors (Lipinski definition) is 2. The standard InChI is InChI=1S/C15H22N2O/c1-2-12(16)10-17-15(18)14-9-5-7-11-6-3-4-8-13(11)14/h3-4,6,8,12,14H,2,5,7,9-10,16H2,1H3,(H,17,18). The van der Waals surface area contributed by atoms with Crippen molar-refractivity contribution in [3.8, 4) is 0 Å². The first-order valence-corrected chi connectivity index (χ1v) is 6.83. The maximum Gasteiger partial charge on any atom is 0.227 e. The van der Waals surface area contributed by atoms with Crippen molar-refractivity contribution in [2.75, 3.05) is 6.54 Å². The fraction of sp³-hybridized carbons (Fsp3) is 0.533. The van der Waals surface area contributed by atoms with Crippen molar-refractivity contribution in [2.45, 2.75) is 44.6 Å². The number of nitrogens with two attached hydrogens (primary N) is 1. The third-order valence-corrected chi connectivity index (χ3v) is 3.75. The van der Waals surface area contributed by atoms with Crippen molar-refractivity contribution < 1.29 is 4.79 Å². The molecule has 18 heavy (non-hydrogen) atoms. The van der Waals surface area contributed by atoms with Crippen LogP contribution in [0.25, 0.3) is 0 Å². The summed E-state index contributed by atoms with van der Waals surface area (Å²) in [5, 5.41) is 2.98. The predicted octanol–water partition coefficient (Wildman–Crippen LogP) is 1.96. The van der Waals surface area contributed by atoms with Gasteiger partial charge in [0, 0.05) is 12.6 Å². The first kappa shape index (κ1) is 13.1. The summed E-state index contributed by atoms with van der Waals surface area (Å²) in [6.45, 7) is 2.61. The Morgan fingerprint density at radius 1 is 1.50 bits per heavy atom. The number of amides is 1.